The van der Waals surface area contributed by atoms with E-state index in [9.17, 15) is 18.5 Å². The topological polar surface area (TPSA) is 92.6 Å². The highest BCUT2D eigenvalue weighted by atomic mass is 35.5. The van der Waals surface area contributed by atoms with E-state index in [1.54, 1.807) is 6.92 Å². The van der Waals surface area contributed by atoms with Crippen molar-refractivity contribution in [3.63, 3.8) is 0 Å². The molecule has 9 heteroatoms. The van der Waals surface area contributed by atoms with Gasteiger partial charge in [0.15, 0.2) is 0 Å². The Morgan fingerprint density at radius 3 is 2.50 bits per heavy atom. The van der Waals surface area contributed by atoms with E-state index in [1.165, 1.54) is 16.4 Å². The van der Waals surface area contributed by atoms with Crippen LogP contribution in [0.1, 0.15) is 25.3 Å². The van der Waals surface area contributed by atoms with Gasteiger partial charge < -0.3 is 5.32 Å². The Morgan fingerprint density at radius 2 is 1.96 bits per heavy atom. The maximum atomic E-state index is 12.7. The molecule has 24 heavy (non-hydrogen) atoms. The van der Waals surface area contributed by atoms with E-state index >= 15 is 0 Å². The number of piperidine rings is 1. The molecule has 0 radical (unpaired) electrons. The largest absolute Gasteiger partial charge is 0.317 e. The minimum absolute atomic E-state index is 0. The second kappa shape index (κ2) is 8.75. The molecule has 0 bridgehead atoms. The number of nitro benzene ring substituents is 1. The molecule has 0 unspecified atom stereocenters. The highest BCUT2D eigenvalue weighted by Crippen LogP contribution is 2.27. The summed E-state index contributed by atoms with van der Waals surface area (Å²) in [4.78, 5) is 10.5. The SMILES string of the molecule is CCNCC1CCN(S(=O)(=O)c2ccc(C)c([N+](=O)[O-])c2)CC1.Cl. The first-order valence-electron chi connectivity index (χ1n) is 7.82. The maximum absolute atomic E-state index is 12.7. The van der Waals surface area contributed by atoms with Crippen molar-refractivity contribution in [1.82, 2.24) is 9.62 Å². The molecular formula is C15H24ClN3O4S. The number of aryl methyl sites for hydroxylation is 1. The first-order chi connectivity index (χ1) is 10.9. The number of nitrogens with one attached hydrogen (secondary N) is 1. The lowest BCUT2D eigenvalue weighted by molar-refractivity contribution is -0.385. The molecule has 0 aromatic heterocycles. The lowest BCUT2D eigenvalue weighted by Crippen LogP contribution is -2.40. The molecule has 2 rings (SSSR count). The number of nitro groups is 1. The molecule has 1 N–H and O–H groups in total. The molecule has 1 aliphatic heterocycles. The van der Waals surface area contributed by atoms with E-state index in [0.717, 1.165) is 32.0 Å². The second-order valence-electron chi connectivity index (χ2n) is 5.86. The van der Waals surface area contributed by atoms with Crippen LogP contribution in [0, 0.1) is 23.0 Å². The van der Waals surface area contributed by atoms with Gasteiger partial charge in [-0.1, -0.05) is 13.0 Å². The molecule has 0 spiro atoms. The third kappa shape index (κ3) is 4.66. The van der Waals surface area contributed by atoms with Gasteiger partial charge in [0.2, 0.25) is 10.0 Å². The van der Waals surface area contributed by atoms with Gasteiger partial charge in [-0.3, -0.25) is 10.1 Å². The summed E-state index contributed by atoms with van der Waals surface area (Å²) in [6.45, 7) is 6.37. The van der Waals surface area contributed by atoms with Crippen molar-refractivity contribution in [2.75, 3.05) is 26.2 Å². The van der Waals surface area contributed by atoms with Gasteiger partial charge in [-0.15, -0.1) is 12.4 Å². The summed E-state index contributed by atoms with van der Waals surface area (Å²) in [5.74, 6) is 0.480. The molecule has 0 saturated carbocycles. The smallest absolute Gasteiger partial charge is 0.273 e. The molecule has 1 aromatic carbocycles. The average molecular weight is 378 g/mol. The van der Waals surface area contributed by atoms with Crippen molar-refractivity contribution in [2.45, 2.75) is 31.6 Å². The fraction of sp³-hybridized carbons (Fsp3) is 0.600. The zero-order valence-corrected chi connectivity index (χ0v) is 15.5. The van der Waals surface area contributed by atoms with Gasteiger partial charge in [0.1, 0.15) is 0 Å². The van der Waals surface area contributed by atoms with Gasteiger partial charge in [-0.05, 0) is 44.8 Å². The molecule has 1 heterocycles. The number of sulfonamides is 1. The monoisotopic (exact) mass is 377 g/mol. The quantitative estimate of drug-likeness (QED) is 0.606. The van der Waals surface area contributed by atoms with Crippen LogP contribution in [0.3, 0.4) is 0 Å². The Labute approximate surface area is 149 Å². The molecule has 0 amide bonds. The van der Waals surface area contributed by atoms with Gasteiger partial charge >= 0.3 is 0 Å². The molecule has 1 fully saturated rings. The number of nitrogens with zero attached hydrogens (tertiary/aromatic N) is 2. The zero-order chi connectivity index (χ0) is 17.0. The fourth-order valence-electron chi connectivity index (χ4n) is 2.80. The van der Waals surface area contributed by atoms with Crippen LogP contribution in [0.5, 0.6) is 0 Å². The Morgan fingerprint density at radius 1 is 1.33 bits per heavy atom. The second-order valence-corrected chi connectivity index (χ2v) is 7.80. The van der Waals surface area contributed by atoms with Crippen molar-refractivity contribution >= 4 is 28.1 Å². The molecule has 1 aliphatic rings. The van der Waals surface area contributed by atoms with E-state index in [2.05, 4.69) is 5.32 Å². The van der Waals surface area contributed by atoms with Crippen molar-refractivity contribution in [3.8, 4) is 0 Å². The summed E-state index contributed by atoms with van der Waals surface area (Å²) in [5.41, 5.74) is 0.298. The summed E-state index contributed by atoms with van der Waals surface area (Å²) in [6, 6.07) is 4.10. The van der Waals surface area contributed by atoms with Crippen LogP contribution in [-0.2, 0) is 10.0 Å². The van der Waals surface area contributed by atoms with Crippen molar-refractivity contribution in [1.29, 1.82) is 0 Å². The summed E-state index contributed by atoms with van der Waals surface area (Å²) in [7, 11) is -3.67. The summed E-state index contributed by atoms with van der Waals surface area (Å²) in [5, 5.41) is 14.3. The third-order valence-corrected chi connectivity index (χ3v) is 6.17. The van der Waals surface area contributed by atoms with Gasteiger partial charge in [0.25, 0.3) is 5.69 Å². The van der Waals surface area contributed by atoms with Crippen LogP contribution in [-0.4, -0.2) is 43.8 Å². The first kappa shape index (κ1) is 20.8. The lowest BCUT2D eigenvalue weighted by Gasteiger charge is -2.31. The van der Waals surface area contributed by atoms with E-state index in [0.29, 0.717) is 24.6 Å². The number of hydrogen-bond donors (Lipinski definition) is 1. The van der Waals surface area contributed by atoms with Gasteiger partial charge in [0.05, 0.1) is 9.82 Å². The van der Waals surface area contributed by atoms with E-state index in [4.69, 9.17) is 0 Å². The summed E-state index contributed by atoms with van der Waals surface area (Å²) < 4.78 is 26.8. The van der Waals surface area contributed by atoms with Crippen LogP contribution >= 0.6 is 12.4 Å². The summed E-state index contributed by atoms with van der Waals surface area (Å²) in [6.07, 6.45) is 1.61. The third-order valence-electron chi connectivity index (χ3n) is 4.27. The number of halogens is 1. The Hall–Kier alpha value is -1.22. The van der Waals surface area contributed by atoms with E-state index in [-0.39, 0.29) is 23.0 Å². The molecule has 136 valence electrons. The van der Waals surface area contributed by atoms with Gasteiger partial charge in [-0.2, -0.15) is 4.31 Å². The van der Waals surface area contributed by atoms with Crippen LogP contribution in [0.2, 0.25) is 0 Å². The molecule has 1 saturated heterocycles. The normalized spacial score (nSPS) is 16.6. The van der Waals surface area contributed by atoms with Crippen LogP contribution in [0.25, 0.3) is 0 Å². The zero-order valence-electron chi connectivity index (χ0n) is 13.9. The average Bonchev–Trinajstić information content (AvgIpc) is 2.53. The minimum atomic E-state index is -3.67. The standard InChI is InChI=1S/C15H23N3O4S.ClH/c1-3-16-11-13-6-8-17(9-7-13)23(21,22)14-5-4-12(2)15(10-14)18(19)20;/h4-5,10,13,16H,3,6-9,11H2,1-2H3;1H. The highest BCUT2D eigenvalue weighted by Gasteiger charge is 2.30. The minimum Gasteiger partial charge on any atom is -0.317 e. The van der Waals surface area contributed by atoms with Crippen molar-refractivity contribution < 1.29 is 13.3 Å². The Kier molecular flexibility index (Phi) is 7.59. The number of rotatable bonds is 6. The first-order valence-corrected chi connectivity index (χ1v) is 9.26. The van der Waals surface area contributed by atoms with E-state index in [1.807, 2.05) is 6.92 Å². The van der Waals surface area contributed by atoms with E-state index < -0.39 is 14.9 Å². The molecular weight excluding hydrogens is 354 g/mol. The molecule has 1 aromatic rings. The molecule has 0 atom stereocenters. The number of hydrogen-bond acceptors (Lipinski definition) is 5. The number of benzene rings is 1. The fourth-order valence-corrected chi connectivity index (χ4v) is 4.29. The van der Waals surface area contributed by atoms with Crippen LogP contribution in [0.4, 0.5) is 5.69 Å². The predicted octanol–water partition coefficient (Wildman–Crippen LogP) is 2.34. The maximum Gasteiger partial charge on any atom is 0.273 e. The lowest BCUT2D eigenvalue weighted by atomic mass is 9.98. The highest BCUT2D eigenvalue weighted by molar-refractivity contribution is 7.89. The predicted molar refractivity (Wildman–Crippen MR) is 95.1 cm³/mol. The van der Waals surface area contributed by atoms with Crippen molar-refractivity contribution in [2.24, 2.45) is 5.92 Å². The summed E-state index contributed by atoms with van der Waals surface area (Å²) >= 11 is 0. The Balaban J connectivity index is 0.00000288. The molecule has 7 nitrogen and oxygen atoms in total. The van der Waals surface area contributed by atoms with Crippen LogP contribution in [0.15, 0.2) is 23.1 Å². The van der Waals surface area contributed by atoms with Gasteiger partial charge in [-0.25, -0.2) is 8.42 Å². The van der Waals surface area contributed by atoms with Crippen LogP contribution < -0.4 is 5.32 Å². The Bertz CT molecular complexity index is 673. The van der Waals surface area contributed by atoms with Gasteiger partial charge in [0, 0.05) is 24.7 Å². The molecule has 0 aliphatic carbocycles. The van der Waals surface area contributed by atoms with Crippen molar-refractivity contribution in [3.05, 3.63) is 33.9 Å².